The van der Waals surface area contributed by atoms with E-state index in [9.17, 15) is 9.59 Å². The third kappa shape index (κ3) is 6.28. The van der Waals surface area contributed by atoms with E-state index in [1.807, 2.05) is 68.6 Å². The Hall–Kier alpha value is -4.20. The number of para-hydroxylation sites is 1. The number of hydrogen-bond donors (Lipinski definition) is 1. The minimum absolute atomic E-state index is 0.116. The van der Waals surface area contributed by atoms with Gasteiger partial charge >= 0.3 is 0 Å². The number of amides is 2. The molecule has 198 valence electrons. The molecule has 7 nitrogen and oxygen atoms in total. The molecule has 1 aromatic heterocycles. The maximum atomic E-state index is 13.9. The van der Waals surface area contributed by atoms with E-state index in [2.05, 4.69) is 5.32 Å². The Morgan fingerprint density at radius 2 is 1.54 bits per heavy atom. The summed E-state index contributed by atoms with van der Waals surface area (Å²) in [4.78, 5) is 28.8. The number of carbonyl (C=O) groups excluding carboxylic acids is 2. The van der Waals surface area contributed by atoms with Crippen molar-refractivity contribution in [1.82, 2.24) is 20.0 Å². The molecule has 0 radical (unpaired) electrons. The Kier molecular flexibility index (Phi) is 7.91. The van der Waals surface area contributed by atoms with E-state index >= 15 is 0 Å². The van der Waals surface area contributed by atoms with Crippen LogP contribution in [0, 0.1) is 0 Å². The van der Waals surface area contributed by atoms with Crippen LogP contribution >= 0.6 is 11.6 Å². The topological polar surface area (TPSA) is 76.5 Å². The lowest BCUT2D eigenvalue weighted by molar-refractivity contribution is -0.139. The van der Waals surface area contributed by atoms with E-state index < -0.39 is 0 Å². The summed E-state index contributed by atoms with van der Waals surface area (Å²) in [5.41, 5.74) is 3.64. The number of morpholine rings is 1. The molecule has 3 aromatic carbocycles. The second-order valence-corrected chi connectivity index (χ2v) is 10.0. The second-order valence-electron chi connectivity index (χ2n) is 9.57. The maximum absolute atomic E-state index is 13.9. The molecule has 0 aliphatic carbocycles. The van der Waals surface area contributed by atoms with Gasteiger partial charge in [0, 0.05) is 41.0 Å². The average molecular weight is 541 g/mol. The van der Waals surface area contributed by atoms with Crippen LogP contribution in [-0.2, 0) is 9.53 Å². The number of nitrogens with zero attached hydrogens (tertiary/aromatic N) is 3. The van der Waals surface area contributed by atoms with Crippen LogP contribution in [0.3, 0.4) is 0 Å². The van der Waals surface area contributed by atoms with Gasteiger partial charge in [0.1, 0.15) is 11.4 Å². The van der Waals surface area contributed by atoms with Gasteiger partial charge in [0.2, 0.25) is 0 Å². The quantitative estimate of drug-likeness (QED) is 0.323. The van der Waals surface area contributed by atoms with Gasteiger partial charge in [-0.05, 0) is 56.3 Å². The summed E-state index contributed by atoms with van der Waals surface area (Å²) in [6, 6.07) is 25.9. The van der Waals surface area contributed by atoms with E-state index in [1.165, 1.54) is 0 Å². The van der Waals surface area contributed by atoms with Crippen LogP contribution in [0.25, 0.3) is 23.0 Å². The molecule has 8 heteroatoms. The standard InChI is InChI=1S/C31H29ClN4O3/c1-21-18-35(19-22(2)39-21)31(38)28(33-30(37)24-9-5-3-6-10-24)17-25-20-36(27-11-7-4-8-12-27)34-29(25)23-13-15-26(32)16-14-23/h3-17,20-22H,18-19H2,1-2H3,(H,33,37)/b28-17-. The molecule has 39 heavy (non-hydrogen) atoms. The molecule has 2 amide bonds. The lowest BCUT2D eigenvalue weighted by Gasteiger charge is -2.35. The highest BCUT2D eigenvalue weighted by atomic mass is 35.5. The van der Waals surface area contributed by atoms with Crippen molar-refractivity contribution in [2.45, 2.75) is 26.1 Å². The van der Waals surface area contributed by atoms with Gasteiger partial charge in [-0.15, -0.1) is 0 Å². The van der Waals surface area contributed by atoms with Crippen molar-refractivity contribution < 1.29 is 14.3 Å². The predicted molar refractivity (Wildman–Crippen MR) is 152 cm³/mol. The van der Waals surface area contributed by atoms with Crippen LogP contribution < -0.4 is 5.32 Å². The summed E-state index contributed by atoms with van der Waals surface area (Å²) in [5.74, 6) is -0.649. The van der Waals surface area contributed by atoms with Crippen LogP contribution in [0.15, 0.2) is 96.8 Å². The molecule has 1 N–H and O–H groups in total. The third-order valence-corrected chi connectivity index (χ3v) is 6.65. The van der Waals surface area contributed by atoms with Crippen molar-refractivity contribution >= 4 is 29.5 Å². The Morgan fingerprint density at radius 3 is 2.18 bits per heavy atom. The van der Waals surface area contributed by atoms with Crippen molar-refractivity contribution in [3.63, 3.8) is 0 Å². The van der Waals surface area contributed by atoms with Crippen molar-refractivity contribution in [1.29, 1.82) is 0 Å². The molecular formula is C31H29ClN4O3. The largest absolute Gasteiger partial charge is 0.372 e. The van der Waals surface area contributed by atoms with Gasteiger partial charge in [-0.3, -0.25) is 9.59 Å². The first kappa shape index (κ1) is 26.4. The van der Waals surface area contributed by atoms with Gasteiger partial charge < -0.3 is 15.0 Å². The first-order valence-corrected chi connectivity index (χ1v) is 13.2. The van der Waals surface area contributed by atoms with E-state index in [0.717, 1.165) is 11.3 Å². The Morgan fingerprint density at radius 1 is 0.923 bits per heavy atom. The highest BCUT2D eigenvalue weighted by molar-refractivity contribution is 6.30. The molecule has 0 bridgehead atoms. The summed E-state index contributed by atoms with van der Waals surface area (Å²) in [6.07, 6.45) is 3.32. The number of benzene rings is 3. The lowest BCUT2D eigenvalue weighted by atomic mass is 10.1. The van der Waals surface area contributed by atoms with Gasteiger partial charge in [-0.2, -0.15) is 5.10 Å². The van der Waals surface area contributed by atoms with E-state index in [4.69, 9.17) is 21.4 Å². The predicted octanol–water partition coefficient (Wildman–Crippen LogP) is 5.60. The fourth-order valence-corrected chi connectivity index (χ4v) is 4.77. The molecule has 1 aliphatic heterocycles. The van der Waals surface area contributed by atoms with E-state index in [0.29, 0.717) is 34.9 Å². The van der Waals surface area contributed by atoms with Crippen molar-refractivity contribution in [2.75, 3.05) is 13.1 Å². The minimum atomic E-state index is -0.368. The summed E-state index contributed by atoms with van der Waals surface area (Å²) < 4.78 is 7.59. The van der Waals surface area contributed by atoms with Gasteiger partial charge in [0.05, 0.1) is 17.9 Å². The molecule has 2 heterocycles. The lowest BCUT2D eigenvalue weighted by Crippen LogP contribution is -2.50. The third-order valence-electron chi connectivity index (χ3n) is 6.40. The van der Waals surface area contributed by atoms with Gasteiger partial charge in [-0.25, -0.2) is 4.68 Å². The fraction of sp³-hybridized carbons (Fsp3) is 0.194. The van der Waals surface area contributed by atoms with Gasteiger partial charge in [0.15, 0.2) is 0 Å². The smallest absolute Gasteiger partial charge is 0.270 e. The molecule has 1 saturated heterocycles. The molecule has 0 spiro atoms. The zero-order valence-corrected chi connectivity index (χ0v) is 22.5. The average Bonchev–Trinajstić information content (AvgIpc) is 3.37. The number of rotatable bonds is 6. The monoisotopic (exact) mass is 540 g/mol. The van der Waals surface area contributed by atoms with Gasteiger partial charge in [-0.1, -0.05) is 60.1 Å². The number of halogens is 1. The number of ether oxygens (including phenoxy) is 1. The van der Waals surface area contributed by atoms with Crippen molar-refractivity contribution in [2.24, 2.45) is 0 Å². The van der Waals surface area contributed by atoms with Crippen LogP contribution in [0.5, 0.6) is 0 Å². The van der Waals surface area contributed by atoms with Crippen molar-refractivity contribution in [3.8, 4) is 16.9 Å². The van der Waals surface area contributed by atoms with E-state index in [-0.39, 0.29) is 29.7 Å². The Balaban J connectivity index is 1.60. The summed E-state index contributed by atoms with van der Waals surface area (Å²) in [5, 5.41) is 8.33. The molecule has 2 atom stereocenters. The molecule has 5 rings (SSSR count). The van der Waals surface area contributed by atoms with E-state index in [1.54, 1.807) is 52.1 Å². The minimum Gasteiger partial charge on any atom is -0.372 e. The summed E-state index contributed by atoms with van der Waals surface area (Å²) >= 11 is 6.15. The van der Waals surface area contributed by atoms with Crippen LogP contribution in [0.4, 0.5) is 0 Å². The van der Waals surface area contributed by atoms with Gasteiger partial charge in [0.25, 0.3) is 11.8 Å². The molecule has 0 saturated carbocycles. The first-order valence-electron chi connectivity index (χ1n) is 12.8. The SMILES string of the molecule is CC1CN(C(=O)/C(=C/c2cn(-c3ccccc3)nc2-c2ccc(Cl)cc2)NC(=O)c2ccccc2)CC(C)O1. The molecule has 1 aliphatic rings. The Labute approximate surface area is 232 Å². The zero-order valence-electron chi connectivity index (χ0n) is 21.8. The highest BCUT2D eigenvalue weighted by Crippen LogP contribution is 2.27. The zero-order chi connectivity index (χ0) is 27.4. The molecular weight excluding hydrogens is 512 g/mol. The summed E-state index contributed by atoms with van der Waals surface area (Å²) in [6.45, 7) is 4.72. The number of hydrogen-bond acceptors (Lipinski definition) is 4. The normalized spacial score (nSPS) is 17.6. The second kappa shape index (κ2) is 11.7. The number of aromatic nitrogens is 2. The molecule has 4 aromatic rings. The molecule has 1 fully saturated rings. The van der Waals surface area contributed by atoms with Crippen LogP contribution in [0.2, 0.25) is 5.02 Å². The summed E-state index contributed by atoms with van der Waals surface area (Å²) in [7, 11) is 0. The molecule has 2 unspecified atom stereocenters. The Bertz CT molecular complexity index is 1470. The fourth-order valence-electron chi connectivity index (χ4n) is 4.64. The van der Waals surface area contributed by atoms with Crippen LogP contribution in [-0.4, -0.2) is 51.8 Å². The van der Waals surface area contributed by atoms with Crippen LogP contribution in [0.1, 0.15) is 29.8 Å². The highest BCUT2D eigenvalue weighted by Gasteiger charge is 2.29. The first-order chi connectivity index (χ1) is 18.9. The maximum Gasteiger partial charge on any atom is 0.270 e. The van der Waals surface area contributed by atoms with Crippen molar-refractivity contribution in [3.05, 3.63) is 113 Å². The number of nitrogens with one attached hydrogen (secondary N) is 1. The number of carbonyl (C=O) groups is 2.